The van der Waals surface area contributed by atoms with Crippen molar-refractivity contribution >= 4 is 33.2 Å². The van der Waals surface area contributed by atoms with Crippen molar-refractivity contribution in [2.75, 3.05) is 29.6 Å². The molecular formula is C12H21N3O2S2. The molecule has 0 saturated heterocycles. The molecule has 0 amide bonds. The van der Waals surface area contributed by atoms with Crippen molar-refractivity contribution < 1.29 is 8.42 Å². The molecule has 1 aromatic rings. The minimum absolute atomic E-state index is 0.210. The molecule has 5 nitrogen and oxygen atoms in total. The van der Waals surface area contributed by atoms with Crippen LogP contribution in [0.25, 0.3) is 0 Å². The third-order valence-corrected chi connectivity index (χ3v) is 5.13. The Morgan fingerprint density at radius 1 is 1.42 bits per heavy atom. The summed E-state index contributed by atoms with van der Waals surface area (Å²) in [7, 11) is -2.05. The van der Waals surface area contributed by atoms with Crippen LogP contribution < -0.4 is 15.8 Å². The van der Waals surface area contributed by atoms with E-state index in [9.17, 15) is 8.42 Å². The molecule has 1 unspecified atom stereocenters. The molecular weight excluding hydrogens is 282 g/mol. The average Bonchev–Trinajstić information content (AvgIpc) is 2.38. The number of nitrogens with two attached hydrogens (primary N) is 1. The van der Waals surface area contributed by atoms with E-state index < -0.39 is 10.0 Å². The number of hydrogen-bond acceptors (Lipinski definition) is 5. The lowest BCUT2D eigenvalue weighted by molar-refractivity contribution is 0.588. The highest BCUT2D eigenvalue weighted by Crippen LogP contribution is 2.24. The maximum absolute atomic E-state index is 11.7. The van der Waals surface area contributed by atoms with E-state index in [-0.39, 0.29) is 10.9 Å². The van der Waals surface area contributed by atoms with Crippen LogP contribution in [0.1, 0.15) is 13.8 Å². The zero-order chi connectivity index (χ0) is 14.5. The van der Waals surface area contributed by atoms with Crippen molar-refractivity contribution in [1.82, 2.24) is 4.72 Å². The largest absolute Gasteiger partial charge is 0.397 e. The van der Waals surface area contributed by atoms with Crippen LogP contribution in [0.4, 0.5) is 11.4 Å². The molecule has 7 heteroatoms. The lowest BCUT2D eigenvalue weighted by atomic mass is 10.2. The highest BCUT2D eigenvalue weighted by atomic mass is 32.2. The first kappa shape index (κ1) is 16.1. The summed E-state index contributed by atoms with van der Waals surface area (Å²) in [5.41, 5.74) is 7.06. The highest BCUT2D eigenvalue weighted by molar-refractivity contribution is 7.99. The van der Waals surface area contributed by atoms with Gasteiger partial charge in [0.15, 0.2) is 0 Å². The lowest BCUT2D eigenvalue weighted by Crippen LogP contribution is -2.21. The normalized spacial score (nSPS) is 13.2. The van der Waals surface area contributed by atoms with Gasteiger partial charge in [0.1, 0.15) is 0 Å². The Kier molecular flexibility index (Phi) is 5.96. The fourth-order valence-corrected chi connectivity index (χ4v) is 2.98. The topological polar surface area (TPSA) is 84.2 Å². The predicted octanol–water partition coefficient (Wildman–Crippen LogP) is 1.73. The molecule has 108 valence electrons. The van der Waals surface area contributed by atoms with Crippen molar-refractivity contribution in [3.05, 3.63) is 18.2 Å². The van der Waals surface area contributed by atoms with Gasteiger partial charge in [-0.2, -0.15) is 11.8 Å². The van der Waals surface area contributed by atoms with Crippen LogP contribution in [-0.2, 0) is 10.0 Å². The first-order chi connectivity index (χ1) is 8.90. The molecule has 1 rings (SSSR count). The summed E-state index contributed by atoms with van der Waals surface area (Å²) >= 11 is 1.82. The summed E-state index contributed by atoms with van der Waals surface area (Å²) in [5, 5.41) is 3.24. The van der Waals surface area contributed by atoms with Gasteiger partial charge in [-0.3, -0.25) is 0 Å². The second-order valence-electron chi connectivity index (χ2n) is 4.16. The summed E-state index contributed by atoms with van der Waals surface area (Å²) in [5.74, 6) is 1.99. The van der Waals surface area contributed by atoms with Crippen molar-refractivity contribution in [3.8, 4) is 0 Å². The van der Waals surface area contributed by atoms with E-state index in [4.69, 9.17) is 5.73 Å². The number of nitrogens with one attached hydrogen (secondary N) is 2. The SMILES string of the molecule is CCSCC(C)Nc1cc(S(=O)(=O)NC)ccc1N. The number of hydrogen-bond donors (Lipinski definition) is 3. The second kappa shape index (κ2) is 7.02. The molecule has 0 saturated carbocycles. The van der Waals surface area contributed by atoms with Gasteiger partial charge >= 0.3 is 0 Å². The molecule has 0 fully saturated rings. The third-order valence-electron chi connectivity index (χ3n) is 2.58. The first-order valence-corrected chi connectivity index (χ1v) is 8.71. The van der Waals surface area contributed by atoms with Crippen LogP contribution in [0.5, 0.6) is 0 Å². The Labute approximate surface area is 119 Å². The molecule has 0 aliphatic carbocycles. The van der Waals surface area contributed by atoms with Crippen LogP contribution in [0.15, 0.2) is 23.1 Å². The van der Waals surface area contributed by atoms with Crippen molar-refractivity contribution in [2.24, 2.45) is 0 Å². The van der Waals surface area contributed by atoms with Crippen LogP contribution in [0.3, 0.4) is 0 Å². The third kappa shape index (κ3) is 4.59. The van der Waals surface area contributed by atoms with Gasteiger partial charge < -0.3 is 11.1 Å². The molecule has 19 heavy (non-hydrogen) atoms. The number of rotatable bonds is 7. The molecule has 0 aromatic heterocycles. The molecule has 0 radical (unpaired) electrons. The van der Waals surface area contributed by atoms with Gasteiger partial charge in [0.25, 0.3) is 0 Å². The minimum atomic E-state index is -3.44. The van der Waals surface area contributed by atoms with E-state index in [1.54, 1.807) is 12.1 Å². The van der Waals surface area contributed by atoms with Gasteiger partial charge in [0.2, 0.25) is 10.0 Å². The number of nitrogen functional groups attached to an aromatic ring is 1. The van der Waals surface area contributed by atoms with Gasteiger partial charge in [0, 0.05) is 11.8 Å². The van der Waals surface area contributed by atoms with Gasteiger partial charge in [0.05, 0.1) is 16.3 Å². The van der Waals surface area contributed by atoms with E-state index in [2.05, 4.69) is 17.0 Å². The van der Waals surface area contributed by atoms with E-state index >= 15 is 0 Å². The molecule has 0 aliphatic heterocycles. The number of benzene rings is 1. The van der Waals surface area contributed by atoms with Crippen molar-refractivity contribution in [2.45, 2.75) is 24.8 Å². The Bertz CT molecular complexity index is 518. The van der Waals surface area contributed by atoms with Gasteiger partial charge in [-0.05, 0) is 37.9 Å². The standard InChI is InChI=1S/C12H21N3O2S2/c1-4-18-8-9(2)15-12-7-10(5-6-11(12)13)19(16,17)14-3/h5-7,9,14-15H,4,8,13H2,1-3H3. The van der Waals surface area contributed by atoms with Gasteiger partial charge in [-0.1, -0.05) is 6.92 Å². The Balaban J connectivity index is 2.92. The first-order valence-electron chi connectivity index (χ1n) is 6.08. The molecule has 1 aromatic carbocycles. The Hall–Kier alpha value is -0.920. The minimum Gasteiger partial charge on any atom is -0.397 e. The van der Waals surface area contributed by atoms with Crippen LogP contribution in [-0.4, -0.2) is 33.0 Å². The van der Waals surface area contributed by atoms with E-state index in [0.717, 1.165) is 11.5 Å². The maximum atomic E-state index is 11.7. The lowest BCUT2D eigenvalue weighted by Gasteiger charge is -2.17. The quantitative estimate of drug-likeness (QED) is 0.668. The average molecular weight is 303 g/mol. The van der Waals surface area contributed by atoms with E-state index in [0.29, 0.717) is 11.4 Å². The number of anilines is 2. The molecule has 0 spiro atoms. The molecule has 4 N–H and O–H groups in total. The van der Waals surface area contributed by atoms with Gasteiger partial charge in [-0.15, -0.1) is 0 Å². The molecule has 0 bridgehead atoms. The molecule has 0 aliphatic rings. The summed E-state index contributed by atoms with van der Waals surface area (Å²) < 4.78 is 25.8. The van der Waals surface area contributed by atoms with E-state index in [1.165, 1.54) is 13.1 Å². The Morgan fingerprint density at radius 3 is 2.68 bits per heavy atom. The molecule has 0 heterocycles. The molecule has 1 atom stereocenters. The van der Waals surface area contributed by atoms with Crippen LogP contribution in [0.2, 0.25) is 0 Å². The maximum Gasteiger partial charge on any atom is 0.240 e. The van der Waals surface area contributed by atoms with Crippen molar-refractivity contribution in [3.63, 3.8) is 0 Å². The second-order valence-corrected chi connectivity index (χ2v) is 7.37. The fourth-order valence-electron chi connectivity index (χ4n) is 1.55. The van der Waals surface area contributed by atoms with Crippen LogP contribution >= 0.6 is 11.8 Å². The monoisotopic (exact) mass is 303 g/mol. The highest BCUT2D eigenvalue weighted by Gasteiger charge is 2.14. The predicted molar refractivity (Wildman–Crippen MR) is 83.2 cm³/mol. The van der Waals surface area contributed by atoms with Crippen molar-refractivity contribution in [1.29, 1.82) is 0 Å². The Morgan fingerprint density at radius 2 is 2.11 bits per heavy atom. The zero-order valence-corrected chi connectivity index (χ0v) is 13.1. The number of sulfonamides is 1. The van der Waals surface area contributed by atoms with E-state index in [1.807, 2.05) is 18.7 Å². The summed E-state index contributed by atoms with van der Waals surface area (Å²) in [6.45, 7) is 4.15. The summed E-state index contributed by atoms with van der Waals surface area (Å²) in [6, 6.07) is 4.89. The summed E-state index contributed by atoms with van der Waals surface area (Å²) in [6.07, 6.45) is 0. The van der Waals surface area contributed by atoms with Crippen LogP contribution in [0, 0.1) is 0 Å². The zero-order valence-electron chi connectivity index (χ0n) is 11.4. The van der Waals surface area contributed by atoms with Gasteiger partial charge in [-0.25, -0.2) is 13.1 Å². The smallest absolute Gasteiger partial charge is 0.240 e. The fraction of sp³-hybridized carbons (Fsp3) is 0.500. The summed E-state index contributed by atoms with van der Waals surface area (Å²) in [4.78, 5) is 0.210. The number of thioether (sulfide) groups is 1.